The lowest BCUT2D eigenvalue weighted by atomic mass is 10.0. The molecule has 0 aliphatic carbocycles. The predicted octanol–water partition coefficient (Wildman–Crippen LogP) is 5.96. The summed E-state index contributed by atoms with van der Waals surface area (Å²) in [7, 11) is 0. The van der Waals surface area contributed by atoms with Crippen molar-refractivity contribution in [3.05, 3.63) is 48.0 Å². The summed E-state index contributed by atoms with van der Waals surface area (Å²) in [5.41, 5.74) is 2.58. The minimum atomic E-state index is -4.70. The van der Waals surface area contributed by atoms with Crippen LogP contribution in [0.15, 0.2) is 57.3 Å². The van der Waals surface area contributed by atoms with Crippen LogP contribution in [0.2, 0.25) is 0 Å². The number of nitrogens with zero attached hydrogens (tertiary/aromatic N) is 3. The van der Waals surface area contributed by atoms with Crippen molar-refractivity contribution in [1.82, 2.24) is 4.90 Å². The van der Waals surface area contributed by atoms with Crippen LogP contribution in [-0.2, 0) is 0 Å². The number of fused-ring (bicyclic) bond motifs is 3. The third-order valence-corrected chi connectivity index (χ3v) is 5.62. The number of amidine groups is 2. The third kappa shape index (κ3) is 4.64. The fourth-order valence-electron chi connectivity index (χ4n) is 3.37. The van der Waals surface area contributed by atoms with Crippen LogP contribution in [0.25, 0.3) is 11.1 Å². The highest BCUT2D eigenvalue weighted by atomic mass is 32.2. The van der Waals surface area contributed by atoms with Crippen molar-refractivity contribution in [1.29, 1.82) is 0 Å². The highest BCUT2D eigenvalue weighted by Crippen LogP contribution is 2.38. The van der Waals surface area contributed by atoms with Gasteiger partial charge in [0.05, 0.1) is 5.54 Å². The van der Waals surface area contributed by atoms with Gasteiger partial charge in [0.15, 0.2) is 5.17 Å². The van der Waals surface area contributed by atoms with Crippen LogP contribution in [0.5, 0.6) is 5.75 Å². The second-order valence-corrected chi connectivity index (χ2v) is 9.17. The summed E-state index contributed by atoms with van der Waals surface area (Å²) in [4.78, 5) is 12.9. The van der Waals surface area contributed by atoms with Gasteiger partial charge in [0.25, 0.3) is 0 Å². The Morgan fingerprint density at radius 3 is 2.40 bits per heavy atom. The first-order valence-corrected chi connectivity index (χ1v) is 10.5. The molecule has 0 N–H and O–H groups in total. The first kappa shape index (κ1) is 20.8. The molecule has 0 saturated carbocycles. The van der Waals surface area contributed by atoms with Crippen molar-refractivity contribution in [2.75, 3.05) is 13.1 Å². The highest BCUT2D eigenvalue weighted by Gasteiger charge is 2.32. The fraction of sp³-hybridized carbons (Fsp3) is 0.364. The van der Waals surface area contributed by atoms with Gasteiger partial charge in [0.1, 0.15) is 11.6 Å². The molecule has 2 aliphatic rings. The Kier molecular flexibility index (Phi) is 5.30. The maximum Gasteiger partial charge on any atom is 0.573 e. The first-order chi connectivity index (χ1) is 14.1. The normalized spacial score (nSPS) is 18.0. The van der Waals surface area contributed by atoms with Crippen molar-refractivity contribution < 1.29 is 17.9 Å². The number of aliphatic imine (C=N–C) groups is 2. The number of alkyl halides is 3. The van der Waals surface area contributed by atoms with E-state index in [9.17, 15) is 13.2 Å². The van der Waals surface area contributed by atoms with E-state index in [1.165, 1.54) is 12.1 Å². The summed E-state index contributed by atoms with van der Waals surface area (Å²) >= 11 is 1.61. The Morgan fingerprint density at radius 1 is 1.03 bits per heavy atom. The van der Waals surface area contributed by atoms with Crippen LogP contribution in [0.4, 0.5) is 13.2 Å². The van der Waals surface area contributed by atoms with Crippen molar-refractivity contribution >= 4 is 22.8 Å². The number of hydrogen-bond acceptors (Lipinski definition) is 4. The maximum atomic E-state index is 12.4. The zero-order valence-electron chi connectivity index (χ0n) is 17.0. The van der Waals surface area contributed by atoms with Crippen LogP contribution in [-0.4, -0.2) is 40.9 Å². The van der Waals surface area contributed by atoms with Gasteiger partial charge in [-0.15, -0.1) is 13.2 Å². The molecule has 0 radical (unpaired) electrons. The smallest absolute Gasteiger partial charge is 0.406 e. The van der Waals surface area contributed by atoms with E-state index in [1.807, 2.05) is 18.2 Å². The molecule has 0 spiro atoms. The average Bonchev–Trinajstić information content (AvgIpc) is 2.66. The van der Waals surface area contributed by atoms with Gasteiger partial charge in [0, 0.05) is 23.5 Å². The largest absolute Gasteiger partial charge is 0.573 e. The monoisotopic (exact) mass is 433 g/mol. The second-order valence-electron chi connectivity index (χ2n) is 8.16. The van der Waals surface area contributed by atoms with Crippen LogP contribution in [0.3, 0.4) is 0 Å². The van der Waals surface area contributed by atoms with E-state index in [0.717, 1.165) is 52.1 Å². The summed E-state index contributed by atoms with van der Waals surface area (Å²) in [6.45, 7) is 7.89. The maximum absolute atomic E-state index is 12.4. The van der Waals surface area contributed by atoms with Crippen molar-refractivity contribution in [2.45, 2.75) is 44.0 Å². The first-order valence-electron chi connectivity index (χ1n) is 9.69. The molecular formula is C22H22F3N3OS. The van der Waals surface area contributed by atoms with Crippen LogP contribution < -0.4 is 4.74 Å². The highest BCUT2D eigenvalue weighted by molar-refractivity contribution is 8.14. The molecule has 2 aromatic rings. The molecule has 0 saturated heterocycles. The SMILES string of the molecule is CC(C)(C)N=C1Sc2cc(-c3ccc(OC(F)(F)F)cc3)ccc2C2=NCCCN12. The number of ether oxygens (including phenoxy) is 1. The molecule has 0 amide bonds. The Labute approximate surface area is 177 Å². The van der Waals surface area contributed by atoms with Gasteiger partial charge in [-0.2, -0.15) is 0 Å². The Morgan fingerprint density at radius 2 is 1.73 bits per heavy atom. The number of thioether (sulfide) groups is 1. The number of hydrogen-bond donors (Lipinski definition) is 0. The second kappa shape index (κ2) is 7.65. The molecule has 0 bridgehead atoms. The zero-order chi connectivity index (χ0) is 21.5. The lowest BCUT2D eigenvalue weighted by Crippen LogP contribution is -2.43. The quantitative estimate of drug-likeness (QED) is 0.586. The standard InChI is InChI=1S/C22H22F3N3OS/c1-21(2,3)27-20-28-12-4-11-26-19(28)17-10-7-15(13-18(17)30-20)14-5-8-16(9-6-14)29-22(23,24)25/h5-10,13H,4,11-12H2,1-3H3. The van der Waals surface area contributed by atoms with E-state index < -0.39 is 6.36 Å². The molecule has 4 nitrogen and oxygen atoms in total. The van der Waals surface area contributed by atoms with Gasteiger partial charge < -0.3 is 9.64 Å². The summed E-state index contributed by atoms with van der Waals surface area (Å²) in [6, 6.07) is 12.0. The number of halogens is 3. The Hall–Kier alpha value is -2.48. The molecule has 2 aliphatic heterocycles. The van der Waals surface area contributed by atoms with E-state index in [2.05, 4.69) is 30.4 Å². The molecule has 2 aromatic carbocycles. The van der Waals surface area contributed by atoms with E-state index in [-0.39, 0.29) is 11.3 Å². The minimum Gasteiger partial charge on any atom is -0.406 e. The van der Waals surface area contributed by atoms with E-state index >= 15 is 0 Å². The molecule has 4 rings (SSSR count). The molecule has 0 fully saturated rings. The lowest BCUT2D eigenvalue weighted by molar-refractivity contribution is -0.274. The van der Waals surface area contributed by atoms with Gasteiger partial charge in [0.2, 0.25) is 0 Å². The average molecular weight is 433 g/mol. The van der Waals surface area contributed by atoms with Crippen molar-refractivity contribution in [3.8, 4) is 16.9 Å². The Balaban J connectivity index is 1.69. The van der Waals surface area contributed by atoms with Gasteiger partial charge in [-0.1, -0.05) is 30.0 Å². The molecule has 158 valence electrons. The molecule has 2 heterocycles. The third-order valence-electron chi connectivity index (χ3n) is 4.56. The van der Waals surface area contributed by atoms with Gasteiger partial charge in [-0.25, -0.2) is 0 Å². The molecule has 30 heavy (non-hydrogen) atoms. The topological polar surface area (TPSA) is 37.2 Å². The summed E-state index contributed by atoms with van der Waals surface area (Å²) < 4.78 is 41.1. The lowest BCUT2D eigenvalue weighted by Gasteiger charge is -2.36. The predicted molar refractivity (Wildman–Crippen MR) is 114 cm³/mol. The van der Waals surface area contributed by atoms with Crippen LogP contribution in [0, 0.1) is 0 Å². The van der Waals surface area contributed by atoms with E-state index in [1.54, 1.807) is 23.9 Å². The van der Waals surface area contributed by atoms with Gasteiger partial charge in [-0.3, -0.25) is 9.98 Å². The zero-order valence-corrected chi connectivity index (χ0v) is 17.8. The number of rotatable bonds is 2. The van der Waals surface area contributed by atoms with Crippen LogP contribution >= 0.6 is 11.8 Å². The summed E-state index contributed by atoms with van der Waals surface area (Å²) in [5.74, 6) is 0.712. The molecule has 0 atom stereocenters. The fourth-order valence-corrected chi connectivity index (χ4v) is 4.62. The van der Waals surface area contributed by atoms with E-state index in [4.69, 9.17) is 9.98 Å². The molecule has 0 aromatic heterocycles. The summed E-state index contributed by atoms with van der Waals surface area (Å²) in [6.07, 6.45) is -3.70. The Bertz CT molecular complexity index is 1010. The number of benzene rings is 2. The minimum absolute atomic E-state index is 0.214. The molecular weight excluding hydrogens is 411 g/mol. The van der Waals surface area contributed by atoms with Gasteiger partial charge >= 0.3 is 6.36 Å². The summed E-state index contributed by atoms with van der Waals surface area (Å²) in [5, 5.41) is 0.930. The molecule has 8 heteroatoms. The van der Waals surface area contributed by atoms with Crippen molar-refractivity contribution in [2.24, 2.45) is 9.98 Å². The van der Waals surface area contributed by atoms with Crippen LogP contribution in [0.1, 0.15) is 32.8 Å². The van der Waals surface area contributed by atoms with Crippen molar-refractivity contribution in [3.63, 3.8) is 0 Å². The molecule has 0 unspecified atom stereocenters. The van der Waals surface area contributed by atoms with Gasteiger partial charge in [-0.05, 0) is 62.6 Å². The van der Waals surface area contributed by atoms with E-state index in [0.29, 0.717) is 0 Å².